The Morgan fingerprint density at radius 3 is 2.57 bits per heavy atom. The summed E-state index contributed by atoms with van der Waals surface area (Å²) >= 11 is 11.3. The summed E-state index contributed by atoms with van der Waals surface area (Å²) in [6.45, 7) is 3.44. The first-order valence-electron chi connectivity index (χ1n) is 3.83. The van der Waals surface area contributed by atoms with E-state index < -0.39 is 10.8 Å². The van der Waals surface area contributed by atoms with Crippen LogP contribution in [0.4, 0.5) is 0 Å². The van der Waals surface area contributed by atoms with E-state index in [1.54, 1.807) is 24.3 Å². The normalized spacial score (nSPS) is 10.2. The maximum Gasteiger partial charge on any atom is 0.335 e. The van der Waals surface area contributed by atoms with Gasteiger partial charge in [0.05, 0.1) is 5.57 Å². The molecular formula is C10H8Cl2O2. The van der Waals surface area contributed by atoms with Crippen LogP contribution < -0.4 is 0 Å². The standard InChI is InChI=1S/C10H8Cl2O2/c1-6(10(13)14)7-3-2-4-8(5-7)9(11)12/h2-5,9H,1H2,(H,13,14). The summed E-state index contributed by atoms with van der Waals surface area (Å²) in [7, 11) is 0. The van der Waals surface area contributed by atoms with Crippen LogP contribution in [0.25, 0.3) is 5.57 Å². The number of halogens is 2. The number of aliphatic carboxylic acids is 1. The van der Waals surface area contributed by atoms with E-state index in [2.05, 4.69) is 6.58 Å². The zero-order valence-electron chi connectivity index (χ0n) is 7.21. The summed E-state index contributed by atoms with van der Waals surface area (Å²) in [6, 6.07) is 6.68. The van der Waals surface area contributed by atoms with Crippen LogP contribution in [0, 0.1) is 0 Å². The van der Waals surface area contributed by atoms with Gasteiger partial charge in [-0.3, -0.25) is 0 Å². The fraction of sp³-hybridized carbons (Fsp3) is 0.100. The van der Waals surface area contributed by atoms with Gasteiger partial charge in [-0.1, -0.05) is 24.8 Å². The van der Waals surface area contributed by atoms with Crippen molar-refractivity contribution in [3.05, 3.63) is 42.0 Å². The van der Waals surface area contributed by atoms with Crippen LogP contribution in [0.2, 0.25) is 0 Å². The first-order valence-corrected chi connectivity index (χ1v) is 4.70. The van der Waals surface area contributed by atoms with Gasteiger partial charge < -0.3 is 5.11 Å². The second kappa shape index (κ2) is 4.49. The van der Waals surface area contributed by atoms with Crippen LogP contribution in [0.1, 0.15) is 16.0 Å². The number of carboxylic acid groups (broad SMARTS) is 1. The quantitative estimate of drug-likeness (QED) is 0.640. The number of carbonyl (C=O) groups is 1. The lowest BCUT2D eigenvalue weighted by Crippen LogP contribution is -1.98. The predicted octanol–water partition coefficient (Wildman–Crippen LogP) is 3.26. The van der Waals surface area contributed by atoms with Crippen LogP contribution in [-0.2, 0) is 4.79 Å². The van der Waals surface area contributed by atoms with Gasteiger partial charge in [0.25, 0.3) is 0 Å². The van der Waals surface area contributed by atoms with Crippen LogP contribution in [0.15, 0.2) is 30.8 Å². The zero-order valence-corrected chi connectivity index (χ0v) is 8.72. The first kappa shape index (κ1) is 11.1. The summed E-state index contributed by atoms with van der Waals surface area (Å²) in [5.74, 6) is -1.05. The fourth-order valence-corrected chi connectivity index (χ4v) is 1.26. The van der Waals surface area contributed by atoms with Gasteiger partial charge in [-0.05, 0) is 17.2 Å². The van der Waals surface area contributed by atoms with Crippen molar-refractivity contribution < 1.29 is 9.90 Å². The van der Waals surface area contributed by atoms with Crippen LogP contribution in [-0.4, -0.2) is 11.1 Å². The molecule has 0 unspecified atom stereocenters. The second-order valence-electron chi connectivity index (χ2n) is 2.71. The highest BCUT2D eigenvalue weighted by atomic mass is 35.5. The van der Waals surface area contributed by atoms with E-state index in [9.17, 15) is 4.79 Å². The van der Waals surface area contributed by atoms with Gasteiger partial charge in [0.2, 0.25) is 0 Å². The van der Waals surface area contributed by atoms with Crippen LogP contribution in [0.5, 0.6) is 0 Å². The monoisotopic (exact) mass is 230 g/mol. The number of hydrogen-bond donors (Lipinski definition) is 1. The molecule has 0 saturated heterocycles. The van der Waals surface area contributed by atoms with Crippen molar-refractivity contribution >= 4 is 34.7 Å². The van der Waals surface area contributed by atoms with Gasteiger partial charge in [0.1, 0.15) is 4.84 Å². The number of alkyl halides is 2. The minimum absolute atomic E-state index is 0.0285. The first-order chi connectivity index (χ1) is 6.52. The molecule has 0 aliphatic heterocycles. The smallest absolute Gasteiger partial charge is 0.335 e. The Kier molecular flexibility index (Phi) is 3.55. The Morgan fingerprint density at radius 1 is 1.43 bits per heavy atom. The molecular weight excluding hydrogens is 223 g/mol. The van der Waals surface area contributed by atoms with E-state index in [1.165, 1.54) is 0 Å². The molecule has 0 saturated carbocycles. The van der Waals surface area contributed by atoms with E-state index in [1.807, 2.05) is 0 Å². The molecule has 2 nitrogen and oxygen atoms in total. The average Bonchev–Trinajstić information content (AvgIpc) is 2.16. The Balaban J connectivity index is 3.06. The number of benzene rings is 1. The van der Waals surface area contributed by atoms with Crippen molar-refractivity contribution in [3.63, 3.8) is 0 Å². The molecule has 1 aromatic carbocycles. The van der Waals surface area contributed by atoms with Crippen molar-refractivity contribution in [2.45, 2.75) is 4.84 Å². The lowest BCUT2D eigenvalue weighted by molar-refractivity contribution is -0.130. The molecule has 0 atom stereocenters. The highest BCUT2D eigenvalue weighted by Gasteiger charge is 2.09. The SMILES string of the molecule is C=C(C(=O)O)c1cccc(C(Cl)Cl)c1. The molecule has 0 fully saturated rings. The van der Waals surface area contributed by atoms with E-state index in [0.717, 1.165) is 0 Å². The topological polar surface area (TPSA) is 37.3 Å². The van der Waals surface area contributed by atoms with Crippen molar-refractivity contribution in [3.8, 4) is 0 Å². The van der Waals surface area contributed by atoms with Gasteiger partial charge >= 0.3 is 5.97 Å². The summed E-state index contributed by atoms with van der Waals surface area (Å²) in [5.41, 5.74) is 1.20. The van der Waals surface area contributed by atoms with Gasteiger partial charge in [-0.25, -0.2) is 4.79 Å². The number of carboxylic acids is 1. The molecule has 0 aromatic heterocycles. The third-order valence-electron chi connectivity index (χ3n) is 1.75. The number of hydrogen-bond acceptors (Lipinski definition) is 1. The molecule has 0 amide bonds. The average molecular weight is 231 g/mol. The van der Waals surface area contributed by atoms with Gasteiger partial charge in [0.15, 0.2) is 0 Å². The molecule has 0 aliphatic rings. The van der Waals surface area contributed by atoms with Crippen molar-refractivity contribution in [1.82, 2.24) is 0 Å². The van der Waals surface area contributed by atoms with Gasteiger partial charge in [-0.15, -0.1) is 23.2 Å². The second-order valence-corrected chi connectivity index (χ2v) is 3.81. The molecule has 0 heterocycles. The molecule has 0 radical (unpaired) electrons. The lowest BCUT2D eigenvalue weighted by Gasteiger charge is -2.05. The predicted molar refractivity (Wildman–Crippen MR) is 57.6 cm³/mol. The highest BCUT2D eigenvalue weighted by molar-refractivity contribution is 6.44. The molecule has 74 valence electrons. The highest BCUT2D eigenvalue weighted by Crippen LogP contribution is 2.26. The zero-order chi connectivity index (χ0) is 10.7. The summed E-state index contributed by atoms with van der Waals surface area (Å²) < 4.78 is 0. The summed E-state index contributed by atoms with van der Waals surface area (Å²) in [5, 5.41) is 8.70. The van der Waals surface area contributed by atoms with E-state index >= 15 is 0 Å². The lowest BCUT2D eigenvalue weighted by atomic mass is 10.1. The van der Waals surface area contributed by atoms with Crippen LogP contribution >= 0.6 is 23.2 Å². The van der Waals surface area contributed by atoms with Crippen molar-refractivity contribution in [1.29, 1.82) is 0 Å². The Morgan fingerprint density at radius 2 is 2.07 bits per heavy atom. The fourth-order valence-electron chi connectivity index (χ4n) is 0.986. The minimum Gasteiger partial charge on any atom is -0.478 e. The molecule has 1 N–H and O–H groups in total. The Hall–Kier alpha value is -0.990. The van der Waals surface area contributed by atoms with Crippen LogP contribution in [0.3, 0.4) is 0 Å². The molecule has 0 spiro atoms. The maximum absolute atomic E-state index is 10.6. The van der Waals surface area contributed by atoms with Crippen molar-refractivity contribution in [2.75, 3.05) is 0 Å². The Labute approximate surface area is 91.8 Å². The number of rotatable bonds is 3. The third kappa shape index (κ3) is 2.50. The van der Waals surface area contributed by atoms with E-state index in [4.69, 9.17) is 28.3 Å². The molecule has 1 aromatic rings. The maximum atomic E-state index is 10.6. The largest absolute Gasteiger partial charge is 0.478 e. The Bertz CT molecular complexity index is 372. The van der Waals surface area contributed by atoms with Gasteiger partial charge in [-0.2, -0.15) is 0 Å². The van der Waals surface area contributed by atoms with E-state index in [0.29, 0.717) is 11.1 Å². The summed E-state index contributed by atoms with van der Waals surface area (Å²) in [6.07, 6.45) is 0. The molecule has 4 heteroatoms. The molecule has 0 aliphatic carbocycles. The minimum atomic E-state index is -1.05. The van der Waals surface area contributed by atoms with E-state index in [-0.39, 0.29) is 5.57 Å². The van der Waals surface area contributed by atoms with Crippen molar-refractivity contribution in [2.24, 2.45) is 0 Å². The summed E-state index contributed by atoms with van der Waals surface area (Å²) in [4.78, 5) is 9.96. The van der Waals surface area contributed by atoms with Gasteiger partial charge in [0, 0.05) is 0 Å². The molecule has 1 rings (SSSR count). The molecule has 0 bridgehead atoms. The molecule has 14 heavy (non-hydrogen) atoms. The third-order valence-corrected chi connectivity index (χ3v) is 2.25.